The molecule has 4 nitrogen and oxygen atoms in total. The van der Waals surface area contributed by atoms with Gasteiger partial charge >= 0.3 is 0 Å². The third-order valence-electron chi connectivity index (χ3n) is 4.81. The van der Waals surface area contributed by atoms with Gasteiger partial charge in [-0.15, -0.1) is 5.10 Å². The van der Waals surface area contributed by atoms with E-state index in [1.54, 1.807) is 0 Å². The smallest absolute Gasteiger partial charge is 0.0963 e. The summed E-state index contributed by atoms with van der Waals surface area (Å²) in [5, 5.41) is 8.69. The normalized spacial score (nSPS) is 27.6. The molecule has 3 rings (SSSR count). The summed E-state index contributed by atoms with van der Waals surface area (Å²) in [5.41, 5.74) is 1.18. The maximum Gasteiger partial charge on any atom is 0.0963 e. The maximum absolute atomic E-state index is 6.16. The third-order valence-corrected chi connectivity index (χ3v) is 5.93. The van der Waals surface area contributed by atoms with Crippen LogP contribution in [-0.4, -0.2) is 27.2 Å². The first kappa shape index (κ1) is 14.5. The van der Waals surface area contributed by atoms with E-state index in [1.807, 2.05) is 0 Å². The quantitative estimate of drug-likeness (QED) is 0.774. The number of rotatable bonds is 3. The van der Waals surface area contributed by atoms with E-state index in [9.17, 15) is 0 Å². The predicted molar refractivity (Wildman–Crippen MR) is 82.0 cm³/mol. The Balaban J connectivity index is 1.71. The molecular formula is C15H24BrN3O. The van der Waals surface area contributed by atoms with Crippen LogP contribution < -0.4 is 0 Å². The lowest BCUT2D eigenvalue weighted by atomic mass is 9.78. The predicted octanol–water partition coefficient (Wildman–Crippen LogP) is 4.18. The summed E-state index contributed by atoms with van der Waals surface area (Å²) in [6, 6.07) is 0.458. The fourth-order valence-corrected chi connectivity index (χ4v) is 3.80. The summed E-state index contributed by atoms with van der Waals surface area (Å²) >= 11 is 3.65. The van der Waals surface area contributed by atoms with Gasteiger partial charge in [0.1, 0.15) is 0 Å². The lowest BCUT2D eigenvalue weighted by Gasteiger charge is -2.43. The second-order valence-corrected chi connectivity index (χ2v) is 7.34. The molecule has 1 aromatic heterocycles. The highest BCUT2D eigenvalue weighted by Gasteiger charge is 2.39. The second kappa shape index (κ2) is 6.14. The number of hydrogen-bond acceptors (Lipinski definition) is 3. The van der Waals surface area contributed by atoms with E-state index in [2.05, 4.69) is 44.0 Å². The van der Waals surface area contributed by atoms with Crippen LogP contribution in [0.15, 0.2) is 6.20 Å². The van der Waals surface area contributed by atoms with Gasteiger partial charge in [-0.3, -0.25) is 0 Å². The summed E-state index contributed by atoms with van der Waals surface area (Å²) in [5.74, 6) is 0. The average molecular weight is 342 g/mol. The van der Waals surface area contributed by atoms with E-state index < -0.39 is 0 Å². The molecule has 2 unspecified atom stereocenters. The molecule has 112 valence electrons. The van der Waals surface area contributed by atoms with Gasteiger partial charge in [0.25, 0.3) is 0 Å². The van der Waals surface area contributed by atoms with E-state index in [1.165, 1.54) is 32.1 Å². The Bertz CT molecular complexity index is 437. The molecule has 1 saturated heterocycles. The van der Waals surface area contributed by atoms with Gasteiger partial charge in [-0.25, -0.2) is 4.68 Å². The highest BCUT2D eigenvalue weighted by molar-refractivity contribution is 9.09. The SMILES string of the molecule is CCC(Br)c1cn(C2CCOC3(CCCCC3)C2)nn1. The Kier molecular flexibility index (Phi) is 4.46. The Morgan fingerprint density at radius 1 is 1.45 bits per heavy atom. The Labute approximate surface area is 129 Å². The lowest BCUT2D eigenvalue weighted by Crippen LogP contribution is -2.42. The van der Waals surface area contributed by atoms with Crippen LogP contribution in [0.1, 0.15) is 74.9 Å². The molecule has 0 radical (unpaired) electrons. The van der Waals surface area contributed by atoms with Gasteiger partial charge in [0.2, 0.25) is 0 Å². The van der Waals surface area contributed by atoms with Gasteiger partial charge in [0.15, 0.2) is 0 Å². The molecule has 1 aromatic rings. The van der Waals surface area contributed by atoms with E-state index in [-0.39, 0.29) is 5.60 Å². The summed E-state index contributed by atoms with van der Waals surface area (Å²) in [6.07, 6.45) is 11.8. The van der Waals surface area contributed by atoms with Crippen molar-refractivity contribution in [2.75, 3.05) is 6.61 Å². The van der Waals surface area contributed by atoms with Crippen molar-refractivity contribution in [3.8, 4) is 0 Å². The van der Waals surface area contributed by atoms with Gasteiger partial charge in [0.05, 0.1) is 22.2 Å². The van der Waals surface area contributed by atoms with Crippen LogP contribution in [-0.2, 0) is 4.74 Å². The number of halogens is 1. The van der Waals surface area contributed by atoms with Crippen molar-refractivity contribution in [3.05, 3.63) is 11.9 Å². The number of nitrogens with zero attached hydrogens (tertiary/aromatic N) is 3. The summed E-state index contributed by atoms with van der Waals surface area (Å²) in [6.45, 7) is 3.02. The molecule has 2 fully saturated rings. The van der Waals surface area contributed by atoms with Gasteiger partial charge in [-0.2, -0.15) is 0 Å². The molecule has 2 aliphatic rings. The van der Waals surface area contributed by atoms with Crippen molar-refractivity contribution in [1.82, 2.24) is 15.0 Å². The van der Waals surface area contributed by atoms with Crippen molar-refractivity contribution < 1.29 is 4.74 Å². The lowest BCUT2D eigenvalue weighted by molar-refractivity contribution is -0.115. The molecule has 20 heavy (non-hydrogen) atoms. The van der Waals surface area contributed by atoms with Crippen molar-refractivity contribution in [2.45, 2.75) is 74.8 Å². The van der Waals surface area contributed by atoms with E-state index in [0.29, 0.717) is 10.9 Å². The molecule has 1 spiro atoms. The van der Waals surface area contributed by atoms with Gasteiger partial charge in [-0.05, 0) is 32.1 Å². The van der Waals surface area contributed by atoms with E-state index >= 15 is 0 Å². The monoisotopic (exact) mass is 341 g/mol. The summed E-state index contributed by atoms with van der Waals surface area (Å²) < 4.78 is 8.24. The first-order valence-corrected chi connectivity index (χ1v) is 8.84. The largest absolute Gasteiger partial charge is 0.375 e. The minimum Gasteiger partial charge on any atom is -0.375 e. The average Bonchev–Trinajstić information content (AvgIpc) is 2.97. The number of ether oxygens (including phenoxy) is 1. The minimum absolute atomic E-state index is 0.131. The zero-order valence-electron chi connectivity index (χ0n) is 12.2. The number of aromatic nitrogens is 3. The molecule has 1 aliphatic heterocycles. The Morgan fingerprint density at radius 3 is 3.00 bits per heavy atom. The van der Waals surface area contributed by atoms with E-state index in [0.717, 1.165) is 31.6 Å². The van der Waals surface area contributed by atoms with Crippen molar-refractivity contribution in [3.63, 3.8) is 0 Å². The number of hydrogen-bond donors (Lipinski definition) is 0. The molecule has 0 N–H and O–H groups in total. The van der Waals surface area contributed by atoms with Crippen LogP contribution in [0, 0.1) is 0 Å². The molecule has 0 bridgehead atoms. The summed E-state index contributed by atoms with van der Waals surface area (Å²) in [4.78, 5) is 0.319. The first-order chi connectivity index (χ1) is 9.72. The minimum atomic E-state index is 0.131. The number of alkyl halides is 1. The first-order valence-electron chi connectivity index (χ1n) is 7.92. The molecule has 1 saturated carbocycles. The zero-order valence-corrected chi connectivity index (χ0v) is 13.8. The molecule has 1 aliphatic carbocycles. The van der Waals surface area contributed by atoms with Crippen LogP contribution in [0.4, 0.5) is 0 Å². The van der Waals surface area contributed by atoms with Gasteiger partial charge in [0, 0.05) is 12.8 Å². The fourth-order valence-electron chi connectivity index (χ4n) is 3.59. The molecule has 5 heteroatoms. The fraction of sp³-hybridized carbons (Fsp3) is 0.867. The van der Waals surface area contributed by atoms with Crippen molar-refractivity contribution in [1.29, 1.82) is 0 Å². The Morgan fingerprint density at radius 2 is 2.25 bits per heavy atom. The van der Waals surface area contributed by atoms with Gasteiger partial charge in [-0.1, -0.05) is 47.3 Å². The molecule has 0 aromatic carbocycles. The molecule has 2 atom stereocenters. The van der Waals surface area contributed by atoms with Crippen LogP contribution in [0.2, 0.25) is 0 Å². The van der Waals surface area contributed by atoms with Crippen LogP contribution >= 0.6 is 15.9 Å². The summed E-state index contributed by atoms with van der Waals surface area (Å²) in [7, 11) is 0. The van der Waals surface area contributed by atoms with Gasteiger partial charge < -0.3 is 4.74 Å². The topological polar surface area (TPSA) is 39.9 Å². The van der Waals surface area contributed by atoms with Crippen molar-refractivity contribution >= 4 is 15.9 Å². The highest BCUT2D eigenvalue weighted by atomic mass is 79.9. The zero-order chi connectivity index (χ0) is 14.0. The molecule has 2 heterocycles. The molecular weight excluding hydrogens is 318 g/mol. The van der Waals surface area contributed by atoms with Crippen LogP contribution in [0.3, 0.4) is 0 Å². The van der Waals surface area contributed by atoms with Crippen LogP contribution in [0.5, 0.6) is 0 Å². The van der Waals surface area contributed by atoms with Crippen molar-refractivity contribution in [2.24, 2.45) is 0 Å². The van der Waals surface area contributed by atoms with Crippen LogP contribution in [0.25, 0.3) is 0 Å². The maximum atomic E-state index is 6.16. The Hall–Kier alpha value is -0.420. The third kappa shape index (κ3) is 2.93. The standard InChI is InChI=1S/C15H24BrN3O/c1-2-13(16)14-11-19(18-17-14)12-6-9-20-15(10-12)7-4-3-5-8-15/h11-13H,2-10H2,1H3. The molecule has 0 amide bonds. The highest BCUT2D eigenvalue weighted by Crippen LogP contribution is 2.42. The second-order valence-electron chi connectivity index (χ2n) is 6.24. The van der Waals surface area contributed by atoms with E-state index in [4.69, 9.17) is 4.74 Å².